The van der Waals surface area contributed by atoms with Crippen LogP contribution in [0.15, 0.2) is 36.4 Å². The summed E-state index contributed by atoms with van der Waals surface area (Å²) in [4.78, 5) is 18.7. The molecule has 50 heavy (non-hydrogen) atoms. The summed E-state index contributed by atoms with van der Waals surface area (Å²) in [6, 6.07) is 11.9. The van der Waals surface area contributed by atoms with E-state index in [1.54, 1.807) is 6.07 Å². The van der Waals surface area contributed by atoms with Gasteiger partial charge in [0.1, 0.15) is 5.75 Å². The highest BCUT2D eigenvalue weighted by Crippen LogP contribution is 2.49. The number of rotatable bonds is 2. The zero-order valence-electron chi connectivity index (χ0n) is 29.7. The summed E-state index contributed by atoms with van der Waals surface area (Å²) in [5.74, 6) is 4.97. The Labute approximate surface area is 303 Å². The fourth-order valence-electron chi connectivity index (χ4n) is 10.3. The Morgan fingerprint density at radius 1 is 1.02 bits per heavy atom. The normalized spacial score (nSPS) is 39.0. The lowest BCUT2D eigenvalue weighted by atomic mass is 9.62. The van der Waals surface area contributed by atoms with Crippen molar-refractivity contribution in [1.29, 1.82) is 0 Å². The summed E-state index contributed by atoms with van der Waals surface area (Å²) in [5.41, 5.74) is 2.86. The van der Waals surface area contributed by atoms with Gasteiger partial charge in [0.05, 0.1) is 39.8 Å². The number of anilines is 1. The van der Waals surface area contributed by atoms with E-state index in [1.165, 1.54) is 11.1 Å². The molecule has 8 rings (SSSR count). The van der Waals surface area contributed by atoms with Crippen LogP contribution in [0.4, 0.5) is 5.69 Å². The molecular weight excluding hydrogens is 670 g/mol. The summed E-state index contributed by atoms with van der Waals surface area (Å²) >= 11 is 6.49. The molecule has 6 aliphatic rings. The van der Waals surface area contributed by atoms with Crippen LogP contribution < -0.4 is 14.4 Å². The van der Waals surface area contributed by atoms with Gasteiger partial charge in [-0.2, -0.15) is 0 Å². The van der Waals surface area contributed by atoms with E-state index in [1.807, 2.05) is 25.1 Å². The lowest BCUT2D eigenvalue weighted by Gasteiger charge is -2.52. The molecule has 0 aromatic heterocycles. The lowest BCUT2D eigenvalue weighted by Crippen LogP contribution is -2.58. The Kier molecular flexibility index (Phi) is 9.23. The third kappa shape index (κ3) is 6.48. The first-order chi connectivity index (χ1) is 23.9. The summed E-state index contributed by atoms with van der Waals surface area (Å²) in [5, 5.41) is 13.3. The molecule has 1 saturated carbocycles. The van der Waals surface area contributed by atoms with Crippen LogP contribution in [0, 0.1) is 17.8 Å². The highest BCUT2D eigenvalue weighted by Gasteiger charge is 2.50. The molecule has 3 fully saturated rings. The first-order valence-electron chi connectivity index (χ1n) is 19.0. The van der Waals surface area contributed by atoms with Gasteiger partial charge in [-0.3, -0.25) is 14.4 Å². The van der Waals surface area contributed by atoms with Crippen molar-refractivity contribution in [2.24, 2.45) is 17.8 Å². The van der Waals surface area contributed by atoms with Crippen LogP contribution in [0.1, 0.15) is 93.1 Å². The Bertz CT molecular complexity index is 1730. The number of aryl methyl sites for hydroxylation is 1. The number of nitrogens with one attached hydrogen (secondary N) is 1. The van der Waals surface area contributed by atoms with Gasteiger partial charge in [-0.05, 0) is 130 Å². The maximum absolute atomic E-state index is 14.0. The standard InChI is InChI=1S/C40H54ClN3O5S/c1-26-6-4-17-40(46,24-43-21-32-11-12-33(22-43)49-32)35-13-8-30(35)20-44-23-39(16-5-7-28-18-31(41)10-14-34(28)39)25-48-37-15-9-29(19-36(37)44)38(45)42-50(3,47)27(26)2/h9-10,14-15,18-19,26-27,30,32-33,35,46H,3-8,11-13,16-17,20-25H2,1-2H3,(H,42,45,47)/t26-,27+,30-,32-,33+,35+,39-,40-,50?/m0/s1. The van der Waals surface area contributed by atoms with Crippen LogP contribution in [0.2, 0.25) is 5.02 Å². The van der Waals surface area contributed by atoms with Crippen molar-refractivity contribution in [3.63, 3.8) is 0 Å². The number of nitrogens with zero attached hydrogens (tertiary/aromatic N) is 2. The average molecular weight is 724 g/mol. The van der Waals surface area contributed by atoms with Crippen molar-refractivity contribution in [2.75, 3.05) is 44.2 Å². The van der Waals surface area contributed by atoms with Crippen LogP contribution in [0.3, 0.4) is 0 Å². The molecule has 8 nitrogen and oxygen atoms in total. The van der Waals surface area contributed by atoms with E-state index < -0.39 is 15.3 Å². The monoisotopic (exact) mass is 723 g/mol. The van der Waals surface area contributed by atoms with Gasteiger partial charge in [0.25, 0.3) is 5.91 Å². The van der Waals surface area contributed by atoms with Crippen molar-refractivity contribution in [2.45, 2.75) is 107 Å². The molecule has 1 spiro atoms. The number of fused-ring (bicyclic) bond motifs is 6. The number of β-amino-alcohol motifs (C(OH)–C–C–N with tert-alkyl or cyclic N) is 1. The Morgan fingerprint density at radius 3 is 2.58 bits per heavy atom. The molecule has 2 saturated heterocycles. The smallest absolute Gasteiger partial charge is 0.262 e. The summed E-state index contributed by atoms with van der Waals surface area (Å²) in [7, 11) is -2.94. The van der Waals surface area contributed by atoms with E-state index in [4.69, 9.17) is 21.1 Å². The quantitative estimate of drug-likeness (QED) is 0.368. The van der Waals surface area contributed by atoms with Gasteiger partial charge in [0.15, 0.2) is 0 Å². The largest absolute Gasteiger partial charge is 0.490 e. The minimum absolute atomic E-state index is 0.0641. The predicted octanol–water partition coefficient (Wildman–Crippen LogP) is 6.00. The third-order valence-electron chi connectivity index (χ3n) is 13.4. The van der Waals surface area contributed by atoms with Gasteiger partial charge in [-0.1, -0.05) is 31.0 Å². The minimum atomic E-state index is -2.94. The third-order valence-corrected chi connectivity index (χ3v) is 15.8. The molecule has 1 amide bonds. The van der Waals surface area contributed by atoms with E-state index in [-0.39, 0.29) is 40.6 Å². The highest BCUT2D eigenvalue weighted by atomic mass is 35.5. The average Bonchev–Trinajstić information content (AvgIpc) is 3.32. The number of hydrogen-bond donors (Lipinski definition) is 2. The summed E-state index contributed by atoms with van der Waals surface area (Å²) < 4.78 is 29.7. The first kappa shape index (κ1) is 34.8. The fraction of sp³-hybridized carbons (Fsp3) is 0.650. The van der Waals surface area contributed by atoms with Gasteiger partial charge < -0.3 is 19.5 Å². The van der Waals surface area contributed by atoms with Crippen molar-refractivity contribution in [3.8, 4) is 5.75 Å². The lowest BCUT2D eigenvalue weighted by molar-refractivity contribution is -0.125. The molecule has 4 heterocycles. The summed E-state index contributed by atoms with van der Waals surface area (Å²) in [6.45, 7) is 8.52. The van der Waals surface area contributed by atoms with Crippen LogP contribution in [-0.2, 0) is 26.3 Å². The molecule has 272 valence electrons. The molecule has 2 N–H and O–H groups in total. The van der Waals surface area contributed by atoms with Gasteiger partial charge in [-0.25, -0.2) is 4.21 Å². The molecule has 4 aliphatic heterocycles. The molecule has 2 aromatic rings. The Hall–Kier alpha value is -2.30. The molecule has 4 bridgehead atoms. The molecule has 9 atom stereocenters. The zero-order valence-corrected chi connectivity index (χ0v) is 31.3. The van der Waals surface area contributed by atoms with Crippen LogP contribution >= 0.6 is 11.6 Å². The number of likely N-dealkylation sites (tertiary alicyclic amines) is 1. The number of carbonyl (C=O) groups excluding carboxylic acids is 1. The van der Waals surface area contributed by atoms with Gasteiger partial charge in [-0.15, -0.1) is 0 Å². The number of benzene rings is 2. The maximum atomic E-state index is 14.0. The Morgan fingerprint density at radius 2 is 1.82 bits per heavy atom. The molecule has 1 unspecified atom stereocenters. The highest BCUT2D eigenvalue weighted by molar-refractivity contribution is 7.99. The number of halogens is 1. The van der Waals surface area contributed by atoms with E-state index in [2.05, 4.69) is 39.4 Å². The molecular formula is C40H54ClN3O5S. The summed E-state index contributed by atoms with van der Waals surface area (Å²) in [6.07, 6.45) is 10.2. The number of carbonyl (C=O) groups is 1. The predicted molar refractivity (Wildman–Crippen MR) is 201 cm³/mol. The zero-order chi connectivity index (χ0) is 34.8. The van der Waals surface area contributed by atoms with Gasteiger partial charge >= 0.3 is 0 Å². The van der Waals surface area contributed by atoms with Crippen LogP contribution in [0.5, 0.6) is 5.75 Å². The SMILES string of the molecule is C=S1(=O)NC(=O)c2ccc3c(c2)N(C[C@@H]2CC[C@H]2[C@@](O)(CN2C[C@H]4CC[C@@H](C2)O4)CCC[C@H](C)[C@H]1C)C[C@@]1(CCCc2cc(Cl)ccc21)CO3. The van der Waals surface area contributed by atoms with E-state index in [9.17, 15) is 14.1 Å². The topological polar surface area (TPSA) is 91.3 Å². The van der Waals surface area contributed by atoms with Crippen molar-refractivity contribution in [1.82, 2.24) is 9.62 Å². The molecule has 10 heteroatoms. The number of amides is 1. The number of ether oxygens (including phenoxy) is 2. The second-order valence-corrected chi connectivity index (χ2v) is 19.6. The maximum Gasteiger partial charge on any atom is 0.262 e. The van der Waals surface area contributed by atoms with Crippen molar-refractivity contribution in [3.05, 3.63) is 58.1 Å². The van der Waals surface area contributed by atoms with Crippen LogP contribution in [-0.4, -0.2) is 88.4 Å². The molecule has 2 aromatic carbocycles. The first-order valence-corrected chi connectivity index (χ1v) is 21.2. The van der Waals surface area contributed by atoms with Gasteiger partial charge in [0, 0.05) is 54.0 Å². The van der Waals surface area contributed by atoms with Gasteiger partial charge in [0.2, 0.25) is 0 Å². The second-order valence-electron chi connectivity index (χ2n) is 16.7. The van der Waals surface area contributed by atoms with Crippen molar-refractivity contribution < 1.29 is 23.6 Å². The van der Waals surface area contributed by atoms with Crippen molar-refractivity contribution >= 4 is 38.8 Å². The fourth-order valence-corrected chi connectivity index (χ4v) is 12.0. The molecule has 2 aliphatic carbocycles. The molecule has 0 radical (unpaired) electrons. The Balaban J connectivity index is 1.18. The van der Waals surface area contributed by atoms with Crippen LogP contribution in [0.25, 0.3) is 0 Å². The number of hydrogen-bond acceptors (Lipinski definition) is 7. The number of morpholine rings is 1. The van der Waals surface area contributed by atoms with E-state index in [0.29, 0.717) is 31.1 Å². The van der Waals surface area contributed by atoms with E-state index >= 15 is 0 Å². The minimum Gasteiger partial charge on any atom is -0.490 e. The second kappa shape index (κ2) is 13.3. The number of aliphatic hydroxyl groups is 1. The van der Waals surface area contributed by atoms with E-state index in [0.717, 1.165) is 100 Å².